The van der Waals surface area contributed by atoms with Gasteiger partial charge in [0.25, 0.3) is 10.0 Å². The van der Waals surface area contributed by atoms with E-state index in [0.717, 1.165) is 65.5 Å². The first kappa shape index (κ1) is 27.8. The number of likely N-dealkylation sites (tertiary alicyclic amines) is 1. The van der Waals surface area contributed by atoms with Crippen LogP contribution in [0, 0.1) is 0 Å². The van der Waals surface area contributed by atoms with Crippen LogP contribution in [-0.4, -0.2) is 62.5 Å². The minimum Gasteiger partial charge on any atom is -0.476 e. The number of nitrogens with one attached hydrogen (secondary N) is 1. The van der Waals surface area contributed by atoms with E-state index in [1.807, 2.05) is 25.2 Å². The molecule has 2 aromatic heterocycles. The predicted octanol–water partition coefficient (Wildman–Crippen LogP) is 5.36. The minimum absolute atomic E-state index is 0.127. The number of likely N-dealkylation sites (N-methyl/N-ethyl adjacent to an activating group) is 1. The van der Waals surface area contributed by atoms with Gasteiger partial charge in [0.05, 0.1) is 34.3 Å². The van der Waals surface area contributed by atoms with Gasteiger partial charge in [-0.2, -0.15) is 0 Å². The fourth-order valence-electron chi connectivity index (χ4n) is 6.65. The number of amides is 1. The highest BCUT2D eigenvalue weighted by atomic mass is 32.2. The fourth-order valence-corrected chi connectivity index (χ4v) is 7.72. The van der Waals surface area contributed by atoms with E-state index in [2.05, 4.69) is 26.6 Å². The van der Waals surface area contributed by atoms with Crippen molar-refractivity contribution in [3.05, 3.63) is 72.6 Å². The van der Waals surface area contributed by atoms with Crippen molar-refractivity contribution in [3.8, 4) is 17.0 Å². The number of hydrogen-bond donors (Lipinski definition) is 1. The second kappa shape index (κ2) is 10.6. The monoisotopic (exact) mass is 597 g/mol. The Hall–Kier alpha value is -4.02. The number of piperidine rings is 1. The summed E-state index contributed by atoms with van der Waals surface area (Å²) in [6.07, 6.45) is 9.56. The summed E-state index contributed by atoms with van der Waals surface area (Å²) in [7, 11) is 0.0714. The maximum Gasteiger partial charge on any atom is 0.262 e. The highest BCUT2D eigenvalue weighted by Crippen LogP contribution is 2.58. The lowest BCUT2D eigenvalue weighted by Crippen LogP contribution is -2.37. The molecule has 1 amide bonds. The standard InChI is InChI=1S/C33H35N5O4S/c1-37-16-7-6-8-24(37)13-17-42-31-28(36-43(40,41)25-9-4-3-5-10-25)19-23(20-35-31)22-11-12-27-26(18-22)30-29(21-34-27)38(2)32(39)33(30)14-15-33/h3-5,9-12,18-21,24,36H,6-8,13-17H2,1-2H3. The molecule has 3 aliphatic rings. The molecular weight excluding hydrogens is 562 g/mol. The number of carbonyl (C=O) groups excluding carboxylic acids is 1. The van der Waals surface area contributed by atoms with Gasteiger partial charge in [-0.1, -0.05) is 30.7 Å². The Balaban J connectivity index is 1.24. The highest BCUT2D eigenvalue weighted by Gasteiger charge is 2.59. The van der Waals surface area contributed by atoms with Gasteiger partial charge in [-0.05, 0) is 81.6 Å². The van der Waals surface area contributed by atoms with Gasteiger partial charge >= 0.3 is 0 Å². The molecule has 2 aromatic carbocycles. The summed E-state index contributed by atoms with van der Waals surface area (Å²) in [5.41, 5.74) is 4.12. The van der Waals surface area contributed by atoms with Crippen LogP contribution in [-0.2, 0) is 20.2 Å². The van der Waals surface area contributed by atoms with Crippen molar-refractivity contribution in [1.29, 1.82) is 0 Å². The van der Waals surface area contributed by atoms with Gasteiger partial charge in [0.15, 0.2) is 0 Å². The fraction of sp³-hybridized carbons (Fsp3) is 0.364. The van der Waals surface area contributed by atoms with E-state index in [0.29, 0.717) is 12.6 Å². The summed E-state index contributed by atoms with van der Waals surface area (Å²) in [5, 5.41) is 0.938. The number of pyridine rings is 2. The molecule has 4 aromatic rings. The summed E-state index contributed by atoms with van der Waals surface area (Å²) >= 11 is 0. The zero-order chi connectivity index (χ0) is 29.8. The van der Waals surface area contributed by atoms with Crippen molar-refractivity contribution in [2.45, 2.75) is 54.9 Å². The molecule has 1 N–H and O–H groups in total. The van der Waals surface area contributed by atoms with E-state index in [1.54, 1.807) is 53.7 Å². The minimum atomic E-state index is -3.88. The summed E-state index contributed by atoms with van der Waals surface area (Å²) < 4.78 is 35.6. The first-order chi connectivity index (χ1) is 20.8. The molecular formula is C33H35N5O4S. The number of fused-ring (bicyclic) bond motifs is 4. The summed E-state index contributed by atoms with van der Waals surface area (Å²) in [6, 6.07) is 16.4. The molecule has 1 aliphatic carbocycles. The Morgan fingerprint density at radius 1 is 1.00 bits per heavy atom. The molecule has 1 saturated heterocycles. The number of sulfonamides is 1. The van der Waals surface area contributed by atoms with E-state index >= 15 is 0 Å². The van der Waals surface area contributed by atoms with E-state index in [1.165, 1.54) is 12.8 Å². The second-order valence-corrected chi connectivity index (χ2v) is 13.6. The molecule has 1 unspecified atom stereocenters. The molecule has 1 spiro atoms. The number of carbonyl (C=O) groups is 1. The Morgan fingerprint density at radius 3 is 2.58 bits per heavy atom. The van der Waals surface area contributed by atoms with Crippen molar-refractivity contribution in [2.24, 2.45) is 0 Å². The predicted molar refractivity (Wildman–Crippen MR) is 167 cm³/mol. The summed E-state index contributed by atoms with van der Waals surface area (Å²) in [6.45, 7) is 1.51. The van der Waals surface area contributed by atoms with Crippen LogP contribution >= 0.6 is 0 Å². The number of ether oxygens (including phenoxy) is 1. The Bertz CT molecular complexity index is 1820. The molecule has 43 heavy (non-hydrogen) atoms. The zero-order valence-corrected chi connectivity index (χ0v) is 25.2. The molecule has 9 nitrogen and oxygen atoms in total. The highest BCUT2D eigenvalue weighted by molar-refractivity contribution is 7.92. The van der Waals surface area contributed by atoms with Crippen molar-refractivity contribution in [3.63, 3.8) is 0 Å². The van der Waals surface area contributed by atoms with Gasteiger partial charge in [0.1, 0.15) is 5.69 Å². The second-order valence-electron chi connectivity index (χ2n) is 12.0. The quantitative estimate of drug-likeness (QED) is 0.292. The number of anilines is 2. The lowest BCUT2D eigenvalue weighted by atomic mass is 9.92. The lowest BCUT2D eigenvalue weighted by Gasteiger charge is -2.32. The number of aromatic nitrogens is 2. The number of rotatable bonds is 8. The molecule has 1 saturated carbocycles. The summed E-state index contributed by atoms with van der Waals surface area (Å²) in [5.74, 6) is 0.372. The van der Waals surface area contributed by atoms with Crippen LogP contribution in [0.15, 0.2) is 71.9 Å². The maximum absolute atomic E-state index is 13.4. The van der Waals surface area contributed by atoms with Gasteiger partial charge < -0.3 is 14.5 Å². The van der Waals surface area contributed by atoms with Gasteiger partial charge in [-0.15, -0.1) is 0 Å². The van der Waals surface area contributed by atoms with Crippen LogP contribution in [0.4, 0.5) is 11.4 Å². The normalized spacial score (nSPS) is 19.5. The van der Waals surface area contributed by atoms with Crippen LogP contribution < -0.4 is 14.4 Å². The van der Waals surface area contributed by atoms with Crippen molar-refractivity contribution in [2.75, 3.05) is 36.9 Å². The van der Waals surface area contributed by atoms with Gasteiger partial charge in [0, 0.05) is 35.8 Å². The lowest BCUT2D eigenvalue weighted by molar-refractivity contribution is -0.119. The molecule has 10 heteroatoms. The Labute approximate surface area is 251 Å². The number of benzene rings is 2. The molecule has 4 heterocycles. The van der Waals surface area contributed by atoms with Crippen LogP contribution in [0.1, 0.15) is 44.1 Å². The topological polar surface area (TPSA) is 105 Å². The van der Waals surface area contributed by atoms with Crippen LogP contribution in [0.5, 0.6) is 5.88 Å². The largest absolute Gasteiger partial charge is 0.476 e. The SMILES string of the molecule is CN1C(=O)C2(CC2)c2c1cnc1ccc(-c3cnc(OCCC4CCCCN4C)c(NS(=O)(=O)c4ccccc4)c3)cc21. The molecule has 0 radical (unpaired) electrons. The molecule has 7 rings (SSSR count). The maximum atomic E-state index is 13.4. The third-order valence-corrected chi connectivity index (χ3v) is 10.6. The van der Waals surface area contributed by atoms with E-state index in [4.69, 9.17) is 4.74 Å². The summed E-state index contributed by atoms with van der Waals surface area (Å²) in [4.78, 5) is 26.6. The van der Waals surface area contributed by atoms with Crippen molar-refractivity contribution < 1.29 is 17.9 Å². The van der Waals surface area contributed by atoms with Crippen LogP contribution in [0.25, 0.3) is 22.0 Å². The average molecular weight is 598 g/mol. The molecule has 1 atom stereocenters. The van der Waals surface area contributed by atoms with E-state index < -0.39 is 15.4 Å². The Morgan fingerprint density at radius 2 is 1.81 bits per heavy atom. The number of hydrogen-bond acceptors (Lipinski definition) is 7. The van der Waals surface area contributed by atoms with Gasteiger partial charge in [-0.3, -0.25) is 14.5 Å². The third-order valence-electron chi connectivity index (χ3n) is 9.25. The van der Waals surface area contributed by atoms with Crippen molar-refractivity contribution in [1.82, 2.24) is 14.9 Å². The van der Waals surface area contributed by atoms with Crippen LogP contribution in [0.3, 0.4) is 0 Å². The van der Waals surface area contributed by atoms with Crippen LogP contribution in [0.2, 0.25) is 0 Å². The smallest absolute Gasteiger partial charge is 0.262 e. The number of nitrogens with zero attached hydrogens (tertiary/aromatic N) is 4. The van der Waals surface area contributed by atoms with E-state index in [9.17, 15) is 13.2 Å². The zero-order valence-electron chi connectivity index (χ0n) is 24.4. The molecule has 2 aliphatic heterocycles. The third kappa shape index (κ3) is 4.92. The Kier molecular flexibility index (Phi) is 6.85. The molecule has 222 valence electrons. The van der Waals surface area contributed by atoms with Gasteiger partial charge in [-0.25, -0.2) is 13.4 Å². The molecule has 0 bridgehead atoms. The van der Waals surface area contributed by atoms with E-state index in [-0.39, 0.29) is 22.4 Å². The average Bonchev–Trinajstić information content (AvgIpc) is 3.79. The van der Waals surface area contributed by atoms with Crippen molar-refractivity contribution >= 4 is 38.2 Å². The first-order valence-electron chi connectivity index (χ1n) is 14.9. The van der Waals surface area contributed by atoms with Gasteiger partial charge in [0.2, 0.25) is 11.8 Å². The first-order valence-corrected chi connectivity index (χ1v) is 16.4. The molecule has 2 fully saturated rings.